The molecule has 2 aromatic heterocycles. The van der Waals surface area contributed by atoms with Crippen LogP contribution in [0.3, 0.4) is 0 Å². The Balaban J connectivity index is 1.51. The first-order valence-electron chi connectivity index (χ1n) is 12.3. The van der Waals surface area contributed by atoms with Crippen molar-refractivity contribution in [3.05, 3.63) is 127 Å². The second-order valence-corrected chi connectivity index (χ2v) is 8.75. The van der Waals surface area contributed by atoms with Crippen molar-refractivity contribution in [2.75, 3.05) is 7.11 Å². The first-order chi connectivity index (χ1) is 18.3. The Kier molecular flexibility index (Phi) is 6.09. The van der Waals surface area contributed by atoms with E-state index in [4.69, 9.17) is 14.8 Å². The van der Waals surface area contributed by atoms with Crippen molar-refractivity contribution in [2.45, 2.75) is 6.54 Å². The maximum atomic E-state index is 5.38. The number of hydrogen-bond acceptors (Lipinski definition) is 3. The van der Waals surface area contributed by atoms with Gasteiger partial charge in [0.2, 0.25) is 0 Å². The predicted octanol–water partition coefficient (Wildman–Crippen LogP) is 7.28. The van der Waals surface area contributed by atoms with Gasteiger partial charge in [-0.05, 0) is 54.1 Å². The second-order valence-electron chi connectivity index (χ2n) is 8.75. The molecule has 0 fully saturated rings. The Morgan fingerprint density at radius 1 is 0.784 bits per heavy atom. The number of aromatic nitrogens is 4. The summed E-state index contributed by atoms with van der Waals surface area (Å²) in [4.78, 5) is 5.09. The normalized spacial score (nSPS) is 11.4. The average Bonchev–Trinajstić information content (AvgIpc) is 3.56. The van der Waals surface area contributed by atoms with Crippen LogP contribution in [0.2, 0.25) is 0 Å². The van der Waals surface area contributed by atoms with Crippen molar-refractivity contribution in [3.8, 4) is 34.1 Å². The second kappa shape index (κ2) is 9.99. The van der Waals surface area contributed by atoms with E-state index >= 15 is 0 Å². The Hall–Kier alpha value is -4.90. The number of methoxy groups -OCH3 is 1. The van der Waals surface area contributed by atoms with Gasteiger partial charge < -0.3 is 9.30 Å². The third-order valence-electron chi connectivity index (χ3n) is 6.39. The third kappa shape index (κ3) is 4.55. The molecule has 2 heterocycles. The minimum atomic E-state index is 0.684. The zero-order valence-corrected chi connectivity index (χ0v) is 20.5. The molecule has 0 aliphatic carbocycles. The van der Waals surface area contributed by atoms with E-state index in [0.29, 0.717) is 6.54 Å². The molecule has 0 unspecified atom stereocenters. The van der Waals surface area contributed by atoms with Gasteiger partial charge in [-0.3, -0.25) is 0 Å². The van der Waals surface area contributed by atoms with Crippen LogP contribution in [0.5, 0.6) is 5.75 Å². The molecule has 0 saturated carbocycles. The quantitative estimate of drug-likeness (QED) is 0.240. The summed E-state index contributed by atoms with van der Waals surface area (Å²) >= 11 is 0. The van der Waals surface area contributed by atoms with Crippen LogP contribution in [0.1, 0.15) is 5.56 Å². The molecule has 0 bridgehead atoms. The largest absolute Gasteiger partial charge is 0.497 e. The van der Waals surface area contributed by atoms with E-state index in [2.05, 4.69) is 77.5 Å². The first-order valence-corrected chi connectivity index (χ1v) is 12.3. The molecule has 0 N–H and O–H groups in total. The maximum absolute atomic E-state index is 5.38. The van der Waals surface area contributed by atoms with E-state index in [1.807, 2.05) is 59.3 Å². The summed E-state index contributed by atoms with van der Waals surface area (Å²) in [5.41, 5.74) is 7.05. The lowest BCUT2D eigenvalue weighted by atomic mass is 10.1. The van der Waals surface area contributed by atoms with E-state index in [0.717, 1.165) is 45.1 Å². The van der Waals surface area contributed by atoms with Crippen molar-refractivity contribution in [2.24, 2.45) is 0 Å². The Morgan fingerprint density at radius 2 is 1.49 bits per heavy atom. The Morgan fingerprint density at radius 3 is 2.24 bits per heavy atom. The van der Waals surface area contributed by atoms with Crippen LogP contribution in [-0.4, -0.2) is 26.4 Å². The first kappa shape index (κ1) is 22.6. The van der Waals surface area contributed by atoms with E-state index in [1.165, 1.54) is 5.56 Å². The molecule has 0 saturated heterocycles. The van der Waals surface area contributed by atoms with E-state index in [-0.39, 0.29) is 0 Å². The molecule has 0 amide bonds. The predicted molar refractivity (Wildman–Crippen MR) is 150 cm³/mol. The van der Waals surface area contributed by atoms with E-state index < -0.39 is 0 Å². The van der Waals surface area contributed by atoms with Gasteiger partial charge in [-0.1, -0.05) is 72.8 Å². The highest BCUT2D eigenvalue weighted by Gasteiger charge is 2.20. The van der Waals surface area contributed by atoms with Crippen LogP contribution < -0.4 is 4.74 Å². The van der Waals surface area contributed by atoms with Crippen LogP contribution in [0.25, 0.3) is 45.4 Å². The van der Waals surface area contributed by atoms with Gasteiger partial charge in [-0.2, -0.15) is 5.10 Å². The molecular weight excluding hydrogens is 456 g/mol. The van der Waals surface area contributed by atoms with Crippen LogP contribution >= 0.6 is 0 Å². The number of nitrogens with zero attached hydrogens (tertiary/aromatic N) is 4. The van der Waals surface area contributed by atoms with Crippen molar-refractivity contribution in [3.63, 3.8) is 0 Å². The monoisotopic (exact) mass is 482 g/mol. The maximum Gasteiger partial charge on any atom is 0.145 e. The van der Waals surface area contributed by atoms with Gasteiger partial charge in [0.25, 0.3) is 0 Å². The number of allylic oxidation sites excluding steroid dienone is 1. The topological polar surface area (TPSA) is 44.9 Å². The molecule has 4 aromatic carbocycles. The molecule has 180 valence electrons. The lowest BCUT2D eigenvalue weighted by molar-refractivity contribution is 0.415. The number of imidazole rings is 1. The summed E-state index contributed by atoms with van der Waals surface area (Å²) < 4.78 is 9.57. The van der Waals surface area contributed by atoms with Crippen LogP contribution in [0.15, 0.2) is 121 Å². The van der Waals surface area contributed by atoms with Gasteiger partial charge in [-0.15, -0.1) is 0 Å². The molecule has 6 rings (SSSR count). The highest BCUT2D eigenvalue weighted by atomic mass is 16.5. The van der Waals surface area contributed by atoms with Gasteiger partial charge in [-0.25, -0.2) is 9.67 Å². The van der Waals surface area contributed by atoms with Crippen LogP contribution in [0.4, 0.5) is 0 Å². The van der Waals surface area contributed by atoms with Crippen molar-refractivity contribution in [1.29, 1.82) is 0 Å². The van der Waals surface area contributed by atoms with Crippen molar-refractivity contribution < 1.29 is 4.74 Å². The smallest absolute Gasteiger partial charge is 0.145 e. The molecule has 0 radical (unpaired) electrons. The van der Waals surface area contributed by atoms with Crippen molar-refractivity contribution in [1.82, 2.24) is 19.3 Å². The SMILES string of the molecule is COc1ccc(-c2nn(-c3ccccc3)cc2-c2nc3ccccc3n2C/C=C/c2ccccc2)cc1. The van der Waals surface area contributed by atoms with Crippen LogP contribution in [0, 0.1) is 0 Å². The van der Waals surface area contributed by atoms with Crippen molar-refractivity contribution >= 4 is 17.1 Å². The molecule has 5 heteroatoms. The van der Waals surface area contributed by atoms with Gasteiger partial charge in [0.05, 0.1) is 29.4 Å². The summed E-state index contributed by atoms with van der Waals surface area (Å²) in [6, 6.07) is 36.8. The minimum Gasteiger partial charge on any atom is -0.497 e. The van der Waals surface area contributed by atoms with E-state index in [9.17, 15) is 0 Å². The highest BCUT2D eigenvalue weighted by Crippen LogP contribution is 2.34. The zero-order chi connectivity index (χ0) is 25.0. The fourth-order valence-electron chi connectivity index (χ4n) is 4.54. The van der Waals surface area contributed by atoms with Gasteiger partial charge >= 0.3 is 0 Å². The Bertz CT molecular complexity index is 1660. The number of hydrogen-bond donors (Lipinski definition) is 0. The van der Waals surface area contributed by atoms with Gasteiger partial charge in [0.1, 0.15) is 17.3 Å². The average molecular weight is 483 g/mol. The number of benzene rings is 4. The number of para-hydroxylation sites is 3. The molecule has 5 nitrogen and oxygen atoms in total. The lowest BCUT2D eigenvalue weighted by Gasteiger charge is -2.08. The summed E-state index contributed by atoms with van der Waals surface area (Å²) in [6.07, 6.45) is 6.41. The summed E-state index contributed by atoms with van der Waals surface area (Å²) in [5.74, 6) is 1.69. The fourth-order valence-corrected chi connectivity index (χ4v) is 4.54. The highest BCUT2D eigenvalue weighted by molar-refractivity contribution is 5.85. The molecule has 0 aliphatic rings. The molecule has 37 heavy (non-hydrogen) atoms. The Labute approximate surface area is 215 Å². The van der Waals surface area contributed by atoms with Gasteiger partial charge in [0.15, 0.2) is 0 Å². The fraction of sp³-hybridized carbons (Fsp3) is 0.0625. The molecular formula is C32H26N4O. The van der Waals surface area contributed by atoms with Crippen LogP contribution in [-0.2, 0) is 6.54 Å². The molecule has 6 aromatic rings. The molecule has 0 spiro atoms. The number of rotatable bonds is 7. The number of fused-ring (bicyclic) bond motifs is 1. The van der Waals surface area contributed by atoms with Gasteiger partial charge in [0, 0.05) is 18.3 Å². The molecule has 0 aliphatic heterocycles. The van der Waals surface area contributed by atoms with E-state index in [1.54, 1.807) is 7.11 Å². The zero-order valence-electron chi connectivity index (χ0n) is 20.5. The minimum absolute atomic E-state index is 0.684. The summed E-state index contributed by atoms with van der Waals surface area (Å²) in [7, 11) is 1.68. The lowest BCUT2D eigenvalue weighted by Crippen LogP contribution is -1.99. The summed E-state index contributed by atoms with van der Waals surface area (Å²) in [5, 5.41) is 5.03. The third-order valence-corrected chi connectivity index (χ3v) is 6.39. The standard InChI is InChI=1S/C32H26N4O/c1-37-27-20-18-25(19-21-27)31-28(23-36(34-31)26-14-6-3-7-15-26)32-33-29-16-8-9-17-30(29)35(32)22-10-13-24-11-4-2-5-12-24/h2-21,23H,22H2,1H3/b13-10+. The number of ether oxygens (including phenoxy) is 1. The summed E-state index contributed by atoms with van der Waals surface area (Å²) in [6.45, 7) is 0.684. The molecule has 0 atom stereocenters.